The normalized spacial score (nSPS) is 19.7. The van der Waals surface area contributed by atoms with Crippen LogP contribution in [0.25, 0.3) is 10.9 Å². The number of hydrogen-bond donors (Lipinski definition) is 2. The molecule has 78 valence electrons. The van der Waals surface area contributed by atoms with Crippen molar-refractivity contribution in [2.75, 3.05) is 6.54 Å². The Balaban J connectivity index is 2.19. The fraction of sp³-hybridized carbons (Fsp3) is 0.333. The van der Waals surface area contributed by atoms with Gasteiger partial charge in [-0.3, -0.25) is 0 Å². The number of hydrogen-bond acceptors (Lipinski definition) is 2. The summed E-state index contributed by atoms with van der Waals surface area (Å²) in [5.41, 5.74) is 8.10. The Morgan fingerprint density at radius 1 is 1.47 bits per heavy atom. The molecular weight excluding hydrogens is 188 g/mol. The predicted octanol–water partition coefficient (Wildman–Crippen LogP) is 1.48. The molecule has 1 aromatic heterocycles. The number of nitrogens with zero attached hydrogens (tertiary/aromatic N) is 1. The smallest absolute Gasteiger partial charge is 0.124 e. The molecule has 2 aromatic rings. The lowest BCUT2D eigenvalue weighted by Crippen LogP contribution is -2.15. The number of nitrogens with two attached hydrogens (primary N) is 1. The van der Waals surface area contributed by atoms with Gasteiger partial charge >= 0.3 is 0 Å². The van der Waals surface area contributed by atoms with E-state index in [1.807, 2.05) is 6.07 Å². The molecule has 1 atom stereocenters. The van der Waals surface area contributed by atoms with Crippen molar-refractivity contribution in [2.45, 2.75) is 13.0 Å². The first-order valence-electron chi connectivity index (χ1n) is 5.29. The van der Waals surface area contributed by atoms with Crippen molar-refractivity contribution in [3.63, 3.8) is 0 Å². The third-order valence-corrected chi connectivity index (χ3v) is 3.28. The van der Waals surface area contributed by atoms with E-state index in [1.165, 1.54) is 5.69 Å². The highest BCUT2D eigenvalue weighted by atomic mass is 16.3. The first kappa shape index (κ1) is 8.80. The average molecular weight is 202 g/mol. The Hall–Kier alpha value is -1.48. The summed E-state index contributed by atoms with van der Waals surface area (Å²) in [6.45, 7) is 1.72. The molecule has 15 heavy (non-hydrogen) atoms. The molecule has 0 bridgehead atoms. The van der Waals surface area contributed by atoms with Crippen molar-refractivity contribution in [1.82, 2.24) is 4.57 Å². The number of rotatable bonds is 1. The van der Waals surface area contributed by atoms with Gasteiger partial charge < -0.3 is 15.4 Å². The zero-order chi connectivity index (χ0) is 10.4. The van der Waals surface area contributed by atoms with E-state index in [0.29, 0.717) is 11.7 Å². The minimum atomic E-state index is 0.374. The molecule has 1 unspecified atom stereocenters. The molecule has 0 saturated heterocycles. The van der Waals surface area contributed by atoms with E-state index >= 15 is 0 Å². The molecule has 3 nitrogen and oxygen atoms in total. The fourth-order valence-electron chi connectivity index (χ4n) is 2.48. The molecule has 1 aromatic carbocycles. The van der Waals surface area contributed by atoms with E-state index in [9.17, 15) is 5.11 Å². The van der Waals surface area contributed by atoms with Crippen molar-refractivity contribution >= 4 is 10.9 Å². The number of phenols is 1. The van der Waals surface area contributed by atoms with Crippen LogP contribution in [0.4, 0.5) is 0 Å². The van der Waals surface area contributed by atoms with E-state index in [1.54, 1.807) is 6.07 Å². The summed E-state index contributed by atoms with van der Waals surface area (Å²) in [4.78, 5) is 0. The topological polar surface area (TPSA) is 51.2 Å². The molecule has 3 rings (SSSR count). The molecule has 1 aliphatic heterocycles. The zero-order valence-corrected chi connectivity index (χ0v) is 8.48. The van der Waals surface area contributed by atoms with E-state index in [-0.39, 0.29) is 0 Å². The number of aromatic nitrogens is 1. The standard InChI is InChI=1S/C12H14N2O/c13-6-8-4-9-5-10-11(14(9)7-8)2-1-3-12(10)15/h1-3,5,8,15H,4,6-7,13H2. The van der Waals surface area contributed by atoms with Crippen LogP contribution in [0.15, 0.2) is 24.3 Å². The van der Waals surface area contributed by atoms with Crippen LogP contribution in [-0.4, -0.2) is 16.2 Å². The maximum atomic E-state index is 9.71. The molecular formula is C12H14N2O. The van der Waals surface area contributed by atoms with Crippen LogP contribution in [0, 0.1) is 5.92 Å². The first-order valence-corrected chi connectivity index (χ1v) is 5.29. The maximum absolute atomic E-state index is 9.71. The zero-order valence-electron chi connectivity index (χ0n) is 8.48. The van der Waals surface area contributed by atoms with Crippen molar-refractivity contribution < 1.29 is 5.11 Å². The summed E-state index contributed by atoms with van der Waals surface area (Å²) in [7, 11) is 0. The van der Waals surface area contributed by atoms with Crippen molar-refractivity contribution in [3.05, 3.63) is 30.0 Å². The molecule has 2 heterocycles. The summed E-state index contributed by atoms with van der Waals surface area (Å²) in [5, 5.41) is 10.7. The van der Waals surface area contributed by atoms with Gasteiger partial charge in [0.2, 0.25) is 0 Å². The fourth-order valence-corrected chi connectivity index (χ4v) is 2.48. The van der Waals surface area contributed by atoms with Crippen LogP contribution in [0.2, 0.25) is 0 Å². The van der Waals surface area contributed by atoms with Gasteiger partial charge in [-0.15, -0.1) is 0 Å². The number of phenolic OH excluding ortho intramolecular Hbond substituents is 1. The van der Waals surface area contributed by atoms with Crippen LogP contribution in [-0.2, 0) is 13.0 Å². The second-order valence-corrected chi connectivity index (χ2v) is 4.26. The quantitative estimate of drug-likeness (QED) is 0.736. The van der Waals surface area contributed by atoms with E-state index in [0.717, 1.165) is 30.4 Å². The SMILES string of the molecule is NCC1Cc2cc3c(O)cccc3n2C1. The molecule has 0 saturated carbocycles. The average Bonchev–Trinajstić information content (AvgIpc) is 2.76. The lowest BCUT2D eigenvalue weighted by molar-refractivity contribution is 0.481. The maximum Gasteiger partial charge on any atom is 0.124 e. The monoisotopic (exact) mass is 202 g/mol. The van der Waals surface area contributed by atoms with Gasteiger partial charge in [0, 0.05) is 17.6 Å². The first-order chi connectivity index (χ1) is 7.29. The highest BCUT2D eigenvalue weighted by Crippen LogP contribution is 2.32. The second-order valence-electron chi connectivity index (χ2n) is 4.26. The van der Waals surface area contributed by atoms with E-state index < -0.39 is 0 Å². The number of benzene rings is 1. The lowest BCUT2D eigenvalue weighted by Gasteiger charge is -2.05. The highest BCUT2D eigenvalue weighted by Gasteiger charge is 2.22. The summed E-state index contributed by atoms with van der Waals surface area (Å²) in [5.74, 6) is 0.936. The lowest BCUT2D eigenvalue weighted by atomic mass is 10.1. The van der Waals surface area contributed by atoms with Crippen LogP contribution in [0.5, 0.6) is 5.75 Å². The Labute approximate surface area is 88.1 Å². The van der Waals surface area contributed by atoms with Gasteiger partial charge in [-0.25, -0.2) is 0 Å². The molecule has 1 aliphatic rings. The third-order valence-electron chi connectivity index (χ3n) is 3.28. The minimum absolute atomic E-state index is 0.374. The van der Waals surface area contributed by atoms with E-state index in [2.05, 4.69) is 16.7 Å². The predicted molar refractivity (Wildman–Crippen MR) is 59.9 cm³/mol. The van der Waals surface area contributed by atoms with Crippen molar-refractivity contribution in [1.29, 1.82) is 0 Å². The van der Waals surface area contributed by atoms with Crippen LogP contribution >= 0.6 is 0 Å². The third kappa shape index (κ3) is 1.16. The van der Waals surface area contributed by atoms with E-state index in [4.69, 9.17) is 5.73 Å². The van der Waals surface area contributed by atoms with Gasteiger partial charge in [-0.05, 0) is 37.1 Å². The largest absolute Gasteiger partial charge is 0.507 e. The molecule has 0 radical (unpaired) electrons. The Kier molecular flexibility index (Phi) is 1.76. The molecule has 0 aliphatic carbocycles. The molecule has 0 fully saturated rings. The van der Waals surface area contributed by atoms with Gasteiger partial charge in [0.25, 0.3) is 0 Å². The summed E-state index contributed by atoms with van der Waals surface area (Å²) in [6.07, 6.45) is 1.03. The van der Waals surface area contributed by atoms with Crippen LogP contribution in [0.3, 0.4) is 0 Å². The van der Waals surface area contributed by atoms with Gasteiger partial charge in [-0.2, -0.15) is 0 Å². The van der Waals surface area contributed by atoms with Crippen LogP contribution < -0.4 is 5.73 Å². The Morgan fingerprint density at radius 2 is 2.33 bits per heavy atom. The summed E-state index contributed by atoms with van der Waals surface area (Å²) in [6, 6.07) is 7.76. The van der Waals surface area contributed by atoms with Gasteiger partial charge in [0.15, 0.2) is 0 Å². The molecule has 0 amide bonds. The Bertz CT molecular complexity index is 516. The van der Waals surface area contributed by atoms with Gasteiger partial charge in [0.05, 0.1) is 5.52 Å². The van der Waals surface area contributed by atoms with Gasteiger partial charge in [0.1, 0.15) is 5.75 Å². The second kappa shape index (κ2) is 3.00. The van der Waals surface area contributed by atoms with Crippen molar-refractivity contribution in [2.24, 2.45) is 11.7 Å². The molecule has 0 spiro atoms. The number of aromatic hydroxyl groups is 1. The number of fused-ring (bicyclic) bond motifs is 3. The van der Waals surface area contributed by atoms with Crippen LogP contribution in [0.1, 0.15) is 5.69 Å². The molecule has 3 heteroatoms. The summed E-state index contributed by atoms with van der Waals surface area (Å²) < 4.78 is 2.27. The van der Waals surface area contributed by atoms with Crippen molar-refractivity contribution in [3.8, 4) is 5.75 Å². The summed E-state index contributed by atoms with van der Waals surface area (Å²) >= 11 is 0. The van der Waals surface area contributed by atoms with Gasteiger partial charge in [-0.1, -0.05) is 6.07 Å². The minimum Gasteiger partial charge on any atom is -0.507 e. The molecule has 3 N–H and O–H groups in total. The highest BCUT2D eigenvalue weighted by molar-refractivity contribution is 5.87. The Morgan fingerprint density at radius 3 is 3.13 bits per heavy atom.